The first-order valence-corrected chi connectivity index (χ1v) is 7.49. The van der Waals surface area contributed by atoms with Crippen molar-refractivity contribution in [3.05, 3.63) is 29.3 Å². The lowest BCUT2D eigenvalue weighted by Crippen LogP contribution is -2.46. The van der Waals surface area contributed by atoms with Gasteiger partial charge in [0.2, 0.25) is 5.91 Å². The van der Waals surface area contributed by atoms with E-state index in [2.05, 4.69) is 40.7 Å². The zero-order valence-corrected chi connectivity index (χ0v) is 12.3. The van der Waals surface area contributed by atoms with Crippen molar-refractivity contribution in [3.63, 3.8) is 0 Å². The molecule has 108 valence electrons. The first-order valence-electron chi connectivity index (χ1n) is 7.49. The maximum atomic E-state index is 11.9. The van der Waals surface area contributed by atoms with E-state index in [1.165, 1.54) is 16.8 Å². The number of amides is 1. The first-order chi connectivity index (χ1) is 9.70. The van der Waals surface area contributed by atoms with Gasteiger partial charge in [-0.3, -0.25) is 4.79 Å². The van der Waals surface area contributed by atoms with Gasteiger partial charge < -0.3 is 15.5 Å². The average Bonchev–Trinajstić information content (AvgIpc) is 2.82. The Balaban J connectivity index is 1.86. The van der Waals surface area contributed by atoms with Crippen LogP contribution in [0.15, 0.2) is 18.2 Å². The summed E-state index contributed by atoms with van der Waals surface area (Å²) in [6, 6.07) is 6.99. The van der Waals surface area contributed by atoms with Crippen molar-refractivity contribution in [3.8, 4) is 0 Å². The monoisotopic (exact) mass is 273 g/mol. The van der Waals surface area contributed by atoms with Gasteiger partial charge in [-0.15, -0.1) is 0 Å². The Morgan fingerprint density at radius 2 is 2.30 bits per heavy atom. The third-order valence-electron chi connectivity index (χ3n) is 4.55. The van der Waals surface area contributed by atoms with Gasteiger partial charge in [0.1, 0.15) is 0 Å². The number of hydrogen-bond donors (Lipinski definition) is 2. The van der Waals surface area contributed by atoms with Gasteiger partial charge in [-0.2, -0.15) is 0 Å². The maximum absolute atomic E-state index is 11.9. The molecule has 0 aromatic heterocycles. The van der Waals surface area contributed by atoms with Gasteiger partial charge in [-0.05, 0) is 44.0 Å². The van der Waals surface area contributed by atoms with Crippen molar-refractivity contribution in [1.82, 2.24) is 10.6 Å². The number of benzene rings is 1. The lowest BCUT2D eigenvalue weighted by atomic mass is 9.90. The number of rotatable bonds is 3. The molecule has 1 amide bonds. The minimum absolute atomic E-state index is 0.181. The molecule has 20 heavy (non-hydrogen) atoms. The van der Waals surface area contributed by atoms with Crippen LogP contribution in [0.1, 0.15) is 24.0 Å². The van der Waals surface area contributed by atoms with Gasteiger partial charge in [-0.25, -0.2) is 0 Å². The van der Waals surface area contributed by atoms with Crippen LogP contribution >= 0.6 is 0 Å². The Morgan fingerprint density at radius 3 is 3.05 bits per heavy atom. The summed E-state index contributed by atoms with van der Waals surface area (Å²) < 4.78 is 0. The highest BCUT2D eigenvalue weighted by molar-refractivity contribution is 5.83. The molecule has 4 heteroatoms. The summed E-state index contributed by atoms with van der Waals surface area (Å²) in [5.41, 5.74) is 3.90. The van der Waals surface area contributed by atoms with Crippen molar-refractivity contribution in [1.29, 1.82) is 0 Å². The minimum atomic E-state index is 0.181. The van der Waals surface area contributed by atoms with Crippen molar-refractivity contribution in [2.24, 2.45) is 5.92 Å². The molecule has 0 saturated carbocycles. The summed E-state index contributed by atoms with van der Waals surface area (Å²) in [6.45, 7) is 4.92. The number of carbonyl (C=O) groups excluding carboxylic acids is 1. The highest BCUT2D eigenvalue weighted by Crippen LogP contribution is 2.33. The quantitative estimate of drug-likeness (QED) is 0.875. The Labute approximate surface area is 120 Å². The van der Waals surface area contributed by atoms with E-state index in [-0.39, 0.29) is 11.8 Å². The highest BCUT2D eigenvalue weighted by atomic mass is 16.2. The molecular formula is C16H23N3O. The van der Waals surface area contributed by atoms with Crippen molar-refractivity contribution >= 4 is 11.6 Å². The summed E-state index contributed by atoms with van der Waals surface area (Å²) in [4.78, 5) is 14.3. The fourth-order valence-corrected chi connectivity index (χ4v) is 3.60. The fraction of sp³-hybridized carbons (Fsp3) is 0.562. The molecule has 0 spiro atoms. The molecule has 1 aromatic carbocycles. The van der Waals surface area contributed by atoms with Crippen LogP contribution in [0.3, 0.4) is 0 Å². The molecule has 2 atom stereocenters. The number of nitrogens with one attached hydrogen (secondary N) is 2. The number of carbonyl (C=O) groups is 1. The molecule has 0 radical (unpaired) electrons. The topological polar surface area (TPSA) is 44.4 Å². The van der Waals surface area contributed by atoms with Crippen molar-refractivity contribution in [2.45, 2.75) is 32.4 Å². The molecule has 2 fully saturated rings. The second-order valence-corrected chi connectivity index (χ2v) is 5.91. The van der Waals surface area contributed by atoms with Gasteiger partial charge >= 0.3 is 0 Å². The Bertz CT molecular complexity index is 514. The van der Waals surface area contributed by atoms with Crippen molar-refractivity contribution in [2.75, 3.05) is 25.0 Å². The average molecular weight is 273 g/mol. The van der Waals surface area contributed by atoms with Crippen LogP contribution < -0.4 is 15.5 Å². The van der Waals surface area contributed by atoms with Gasteiger partial charge in [0.05, 0.1) is 12.0 Å². The summed E-state index contributed by atoms with van der Waals surface area (Å²) in [7, 11) is 1.97. The summed E-state index contributed by atoms with van der Waals surface area (Å²) >= 11 is 0. The molecular weight excluding hydrogens is 250 g/mol. The molecule has 2 N–H and O–H groups in total. The molecule has 2 heterocycles. The van der Waals surface area contributed by atoms with E-state index in [9.17, 15) is 4.79 Å². The van der Waals surface area contributed by atoms with E-state index < -0.39 is 0 Å². The van der Waals surface area contributed by atoms with Gasteiger partial charge in [-0.1, -0.05) is 12.1 Å². The predicted octanol–water partition coefficient (Wildman–Crippen LogP) is 1.43. The molecule has 4 nitrogen and oxygen atoms in total. The Kier molecular flexibility index (Phi) is 3.66. The smallest absolute Gasteiger partial charge is 0.225 e. The molecule has 2 saturated heterocycles. The Hall–Kier alpha value is -1.55. The Morgan fingerprint density at radius 1 is 1.45 bits per heavy atom. The molecule has 0 aliphatic carbocycles. The van der Waals surface area contributed by atoms with E-state index in [1.54, 1.807) is 0 Å². The van der Waals surface area contributed by atoms with Crippen LogP contribution in [0.5, 0.6) is 0 Å². The second-order valence-electron chi connectivity index (χ2n) is 5.91. The number of aryl methyl sites for hydroxylation is 1. The first kappa shape index (κ1) is 13.4. The molecule has 2 aliphatic rings. The van der Waals surface area contributed by atoms with Crippen LogP contribution in [0.2, 0.25) is 0 Å². The van der Waals surface area contributed by atoms with Crippen LogP contribution in [0.4, 0.5) is 5.69 Å². The van der Waals surface area contributed by atoms with Gasteiger partial charge in [0, 0.05) is 25.3 Å². The van der Waals surface area contributed by atoms with Crippen LogP contribution in [0, 0.1) is 12.8 Å². The minimum Gasteiger partial charge on any atom is -0.366 e. The van der Waals surface area contributed by atoms with Gasteiger partial charge in [0.15, 0.2) is 0 Å². The maximum Gasteiger partial charge on any atom is 0.225 e. The van der Waals surface area contributed by atoms with E-state index in [0.717, 1.165) is 32.5 Å². The normalized spacial score (nSPS) is 25.5. The zero-order valence-electron chi connectivity index (χ0n) is 12.3. The molecule has 0 bridgehead atoms. The number of piperidine rings is 1. The van der Waals surface area contributed by atoms with E-state index in [0.29, 0.717) is 6.04 Å². The van der Waals surface area contributed by atoms with Crippen LogP contribution in [-0.2, 0) is 11.3 Å². The van der Waals surface area contributed by atoms with Gasteiger partial charge in [0.25, 0.3) is 0 Å². The number of hydrogen-bond acceptors (Lipinski definition) is 3. The van der Waals surface area contributed by atoms with Crippen LogP contribution in [-0.4, -0.2) is 32.1 Å². The molecule has 1 aromatic rings. The third kappa shape index (κ3) is 2.29. The second kappa shape index (κ2) is 5.44. The SMILES string of the molecule is CNCc1ccc(N2CCCC3C(=O)NCC32)c(C)c1. The molecule has 2 aliphatic heterocycles. The molecule has 2 unspecified atom stereocenters. The third-order valence-corrected chi connectivity index (χ3v) is 4.55. The summed E-state index contributed by atoms with van der Waals surface area (Å²) in [5, 5.41) is 6.21. The van der Waals surface area contributed by atoms with E-state index >= 15 is 0 Å². The van der Waals surface area contributed by atoms with E-state index in [1.807, 2.05) is 7.05 Å². The van der Waals surface area contributed by atoms with E-state index in [4.69, 9.17) is 0 Å². The number of fused-ring (bicyclic) bond motifs is 1. The summed E-state index contributed by atoms with van der Waals surface area (Å²) in [6.07, 6.45) is 2.14. The highest BCUT2D eigenvalue weighted by Gasteiger charge is 2.41. The fourth-order valence-electron chi connectivity index (χ4n) is 3.60. The summed E-state index contributed by atoms with van der Waals surface area (Å²) in [5.74, 6) is 0.421. The zero-order chi connectivity index (χ0) is 14.1. The molecule has 3 rings (SSSR count). The number of anilines is 1. The lowest BCUT2D eigenvalue weighted by Gasteiger charge is -2.38. The predicted molar refractivity (Wildman–Crippen MR) is 80.8 cm³/mol. The number of nitrogens with zero attached hydrogens (tertiary/aromatic N) is 1. The van der Waals surface area contributed by atoms with Crippen LogP contribution in [0.25, 0.3) is 0 Å². The standard InChI is InChI=1S/C16H23N3O/c1-11-8-12(9-17-2)5-6-14(11)19-7-3-4-13-15(19)10-18-16(13)20/h5-6,8,13,15,17H,3-4,7,9-10H2,1-2H3,(H,18,20). The lowest BCUT2D eigenvalue weighted by molar-refractivity contribution is -0.122. The largest absolute Gasteiger partial charge is 0.366 e. The van der Waals surface area contributed by atoms with Crippen molar-refractivity contribution < 1.29 is 4.79 Å².